The Morgan fingerprint density at radius 1 is 1.50 bits per heavy atom. The maximum Gasteiger partial charge on any atom is 0.00195 e. The molecule has 3 unspecified atom stereocenters. The minimum atomic E-state index is 0.490. The molecule has 0 radical (unpaired) electrons. The largest absolute Gasteiger partial charge is 0.176 e. The first-order valence-electron chi connectivity index (χ1n) is 5.88. The monoisotopic (exact) mass is 212 g/mol. The Labute approximate surface area is 94.6 Å². The molecule has 0 aliphatic heterocycles. The molecular weight excluding hydrogens is 188 g/mol. The fourth-order valence-electron chi connectivity index (χ4n) is 2.65. The van der Waals surface area contributed by atoms with Gasteiger partial charge in [0.05, 0.1) is 0 Å². The van der Waals surface area contributed by atoms with E-state index in [1.807, 2.05) is 0 Å². The molecule has 0 N–H and O–H groups in total. The highest BCUT2D eigenvalue weighted by Gasteiger charge is 2.29. The van der Waals surface area contributed by atoms with Gasteiger partial charge in [0.25, 0.3) is 0 Å². The molecule has 1 aliphatic carbocycles. The first-order chi connectivity index (χ1) is 6.59. The summed E-state index contributed by atoms with van der Waals surface area (Å²) in [6.45, 7) is 8.57. The Hall–Kier alpha value is 0.0900. The SMILES string of the molecule is C=CCC(C)(CC)CC1CCC(S)C1. The summed E-state index contributed by atoms with van der Waals surface area (Å²) in [6, 6.07) is 0. The van der Waals surface area contributed by atoms with Gasteiger partial charge in [-0.1, -0.05) is 26.3 Å². The van der Waals surface area contributed by atoms with Gasteiger partial charge >= 0.3 is 0 Å². The second kappa shape index (κ2) is 5.25. The van der Waals surface area contributed by atoms with Gasteiger partial charge < -0.3 is 0 Å². The highest BCUT2D eigenvalue weighted by molar-refractivity contribution is 7.80. The van der Waals surface area contributed by atoms with E-state index in [1.54, 1.807) is 0 Å². The van der Waals surface area contributed by atoms with Crippen molar-refractivity contribution in [1.29, 1.82) is 0 Å². The standard InChI is InChI=1S/C13H24S/c1-4-8-13(3,5-2)10-11-6-7-12(14)9-11/h4,11-12,14H,1,5-10H2,2-3H3. The van der Waals surface area contributed by atoms with Crippen LogP contribution in [0.15, 0.2) is 12.7 Å². The van der Waals surface area contributed by atoms with Crippen LogP contribution in [0.5, 0.6) is 0 Å². The Bertz CT molecular complexity index is 188. The van der Waals surface area contributed by atoms with Crippen LogP contribution < -0.4 is 0 Å². The first kappa shape index (κ1) is 12.2. The summed E-state index contributed by atoms with van der Waals surface area (Å²) in [6.07, 6.45) is 9.92. The van der Waals surface area contributed by atoms with Crippen LogP contribution in [0.2, 0.25) is 0 Å². The molecule has 0 saturated heterocycles. The fourth-order valence-corrected chi connectivity index (χ4v) is 3.10. The van der Waals surface area contributed by atoms with Crippen LogP contribution in [0.1, 0.15) is 52.4 Å². The summed E-state index contributed by atoms with van der Waals surface area (Å²) >= 11 is 4.56. The van der Waals surface area contributed by atoms with E-state index in [-0.39, 0.29) is 0 Å². The van der Waals surface area contributed by atoms with E-state index in [9.17, 15) is 0 Å². The van der Waals surface area contributed by atoms with Gasteiger partial charge in [-0.15, -0.1) is 6.58 Å². The third kappa shape index (κ3) is 3.34. The van der Waals surface area contributed by atoms with Crippen molar-refractivity contribution in [2.45, 2.75) is 57.6 Å². The average Bonchev–Trinajstić information content (AvgIpc) is 2.51. The van der Waals surface area contributed by atoms with Crippen molar-refractivity contribution in [1.82, 2.24) is 0 Å². The Morgan fingerprint density at radius 2 is 2.21 bits per heavy atom. The fraction of sp³-hybridized carbons (Fsp3) is 0.846. The predicted octanol–water partition coefficient (Wildman–Crippen LogP) is 4.47. The first-order valence-corrected chi connectivity index (χ1v) is 6.40. The molecule has 0 bridgehead atoms. The van der Waals surface area contributed by atoms with Crippen LogP contribution in [0.25, 0.3) is 0 Å². The van der Waals surface area contributed by atoms with Crippen molar-refractivity contribution in [3.8, 4) is 0 Å². The molecule has 0 spiro atoms. The lowest BCUT2D eigenvalue weighted by Crippen LogP contribution is -2.18. The zero-order chi connectivity index (χ0) is 10.6. The summed E-state index contributed by atoms with van der Waals surface area (Å²) in [7, 11) is 0. The molecule has 3 atom stereocenters. The molecule has 0 amide bonds. The van der Waals surface area contributed by atoms with Crippen molar-refractivity contribution in [3.63, 3.8) is 0 Å². The van der Waals surface area contributed by atoms with Gasteiger partial charge in [0.1, 0.15) is 0 Å². The van der Waals surface area contributed by atoms with E-state index >= 15 is 0 Å². The van der Waals surface area contributed by atoms with E-state index in [4.69, 9.17) is 0 Å². The van der Waals surface area contributed by atoms with Gasteiger partial charge in [-0.3, -0.25) is 0 Å². The lowest BCUT2D eigenvalue weighted by atomic mass is 9.76. The lowest BCUT2D eigenvalue weighted by Gasteiger charge is -2.30. The zero-order valence-corrected chi connectivity index (χ0v) is 10.5. The van der Waals surface area contributed by atoms with E-state index in [1.165, 1.54) is 32.1 Å². The summed E-state index contributed by atoms with van der Waals surface area (Å²) in [5, 5.41) is 0.671. The smallest absolute Gasteiger partial charge is 0.00195 e. The van der Waals surface area contributed by atoms with Crippen LogP contribution in [0.4, 0.5) is 0 Å². The number of allylic oxidation sites excluding steroid dienone is 1. The molecule has 1 fully saturated rings. The van der Waals surface area contributed by atoms with Crippen molar-refractivity contribution in [3.05, 3.63) is 12.7 Å². The predicted molar refractivity (Wildman–Crippen MR) is 67.9 cm³/mol. The number of thiol groups is 1. The van der Waals surface area contributed by atoms with E-state index in [0.29, 0.717) is 10.7 Å². The molecule has 1 rings (SSSR count). The number of hydrogen-bond acceptors (Lipinski definition) is 1. The second-order valence-corrected chi connectivity index (χ2v) is 5.92. The molecule has 1 saturated carbocycles. The van der Waals surface area contributed by atoms with Gasteiger partial charge in [0.2, 0.25) is 0 Å². The Morgan fingerprint density at radius 3 is 2.64 bits per heavy atom. The average molecular weight is 212 g/mol. The van der Waals surface area contributed by atoms with Crippen molar-refractivity contribution in [2.24, 2.45) is 11.3 Å². The molecule has 0 aromatic heterocycles. The minimum Gasteiger partial charge on any atom is -0.176 e. The number of rotatable bonds is 5. The van der Waals surface area contributed by atoms with E-state index in [2.05, 4.69) is 39.1 Å². The molecule has 0 nitrogen and oxygen atoms in total. The number of hydrogen-bond donors (Lipinski definition) is 1. The third-order valence-corrected chi connectivity index (χ3v) is 4.25. The maximum atomic E-state index is 4.56. The van der Waals surface area contributed by atoms with Crippen molar-refractivity contribution < 1.29 is 0 Å². The highest BCUT2D eigenvalue weighted by atomic mass is 32.1. The summed E-state index contributed by atoms with van der Waals surface area (Å²) in [5.74, 6) is 0.919. The highest BCUT2D eigenvalue weighted by Crippen LogP contribution is 2.41. The normalized spacial score (nSPS) is 31.4. The van der Waals surface area contributed by atoms with Gasteiger partial charge in [-0.25, -0.2) is 0 Å². The topological polar surface area (TPSA) is 0 Å². The minimum absolute atomic E-state index is 0.490. The molecule has 0 aromatic carbocycles. The van der Waals surface area contributed by atoms with Gasteiger partial charge in [0.15, 0.2) is 0 Å². The van der Waals surface area contributed by atoms with Crippen LogP contribution in [0, 0.1) is 11.3 Å². The molecular formula is C13H24S. The summed E-state index contributed by atoms with van der Waals surface area (Å²) < 4.78 is 0. The van der Waals surface area contributed by atoms with Gasteiger partial charge in [-0.05, 0) is 43.4 Å². The Kier molecular flexibility index (Phi) is 4.56. The van der Waals surface area contributed by atoms with Gasteiger partial charge in [0, 0.05) is 5.25 Å². The lowest BCUT2D eigenvalue weighted by molar-refractivity contribution is 0.234. The summed E-state index contributed by atoms with van der Waals surface area (Å²) in [5.41, 5.74) is 0.490. The van der Waals surface area contributed by atoms with Crippen molar-refractivity contribution in [2.75, 3.05) is 0 Å². The summed E-state index contributed by atoms with van der Waals surface area (Å²) in [4.78, 5) is 0. The van der Waals surface area contributed by atoms with E-state index in [0.717, 1.165) is 12.3 Å². The van der Waals surface area contributed by atoms with Gasteiger partial charge in [-0.2, -0.15) is 12.6 Å². The third-order valence-electron chi connectivity index (χ3n) is 3.79. The molecule has 1 aliphatic rings. The Balaban J connectivity index is 2.43. The maximum absolute atomic E-state index is 4.56. The van der Waals surface area contributed by atoms with E-state index < -0.39 is 0 Å². The quantitative estimate of drug-likeness (QED) is 0.504. The van der Waals surface area contributed by atoms with Crippen molar-refractivity contribution >= 4 is 12.6 Å². The van der Waals surface area contributed by atoms with Crippen LogP contribution in [-0.4, -0.2) is 5.25 Å². The molecule has 14 heavy (non-hydrogen) atoms. The molecule has 0 aromatic rings. The molecule has 82 valence electrons. The zero-order valence-electron chi connectivity index (χ0n) is 9.63. The van der Waals surface area contributed by atoms with Crippen LogP contribution in [-0.2, 0) is 0 Å². The molecule has 0 heterocycles. The second-order valence-electron chi connectivity index (χ2n) is 5.19. The van der Waals surface area contributed by atoms with Crippen LogP contribution >= 0.6 is 12.6 Å². The van der Waals surface area contributed by atoms with Crippen LogP contribution in [0.3, 0.4) is 0 Å². The molecule has 1 heteroatoms.